The first kappa shape index (κ1) is 8.14. The van der Waals surface area contributed by atoms with Gasteiger partial charge in [-0.2, -0.15) is 0 Å². The van der Waals surface area contributed by atoms with Gasteiger partial charge >= 0.3 is 0 Å². The number of fused-ring (bicyclic) bond motifs is 1. The van der Waals surface area contributed by atoms with E-state index < -0.39 is 0 Å². The molecule has 2 rings (SSSR count). The molecule has 3 heteroatoms. The molecule has 1 aliphatic heterocycles. The first-order valence-corrected chi connectivity index (χ1v) is 4.75. The van der Waals surface area contributed by atoms with E-state index in [0.717, 1.165) is 22.0 Å². The lowest BCUT2D eigenvalue weighted by atomic mass is 10.0. The van der Waals surface area contributed by atoms with E-state index in [1.807, 2.05) is 6.08 Å². The van der Waals surface area contributed by atoms with E-state index in [2.05, 4.69) is 28.1 Å². The third-order valence-electron chi connectivity index (χ3n) is 1.76. The third-order valence-corrected chi connectivity index (χ3v) is 2.71. The van der Waals surface area contributed by atoms with Crippen molar-refractivity contribution in [3.05, 3.63) is 45.3 Å². The molecule has 1 nitrogen and oxygen atoms in total. The van der Waals surface area contributed by atoms with Gasteiger partial charge in [-0.25, -0.2) is 0 Å². The fourth-order valence-electron chi connectivity index (χ4n) is 1.18. The Morgan fingerprint density at radius 2 is 2.25 bits per heavy atom. The molecule has 0 aromatic rings. The molecule has 0 saturated heterocycles. The molecule has 62 valence electrons. The summed E-state index contributed by atoms with van der Waals surface area (Å²) in [5, 5.41) is 0.423. The predicted octanol–water partition coefficient (Wildman–Crippen LogP) is 3.59. The van der Waals surface area contributed by atoms with Crippen LogP contribution in [0.3, 0.4) is 0 Å². The minimum Gasteiger partial charge on any atom is -0.452 e. The van der Waals surface area contributed by atoms with Crippen LogP contribution in [0.1, 0.15) is 6.42 Å². The number of halogens is 2. The third kappa shape index (κ3) is 1.37. The highest BCUT2D eigenvalue weighted by Crippen LogP contribution is 2.34. The van der Waals surface area contributed by atoms with Gasteiger partial charge in [0.2, 0.25) is 0 Å². The van der Waals surface area contributed by atoms with Crippen molar-refractivity contribution in [2.24, 2.45) is 0 Å². The van der Waals surface area contributed by atoms with Gasteiger partial charge in [-0.05, 0) is 23.6 Å². The largest absolute Gasteiger partial charge is 0.452 e. The highest BCUT2D eigenvalue weighted by Gasteiger charge is 2.15. The number of hydrogen-bond donors (Lipinski definition) is 0. The van der Waals surface area contributed by atoms with Gasteiger partial charge in [0.25, 0.3) is 0 Å². The standard InChI is InChI=1S/C9H6BrClO/c10-8-3-1-2-6-4-9(11)12-5-7(6)8/h2-5H,1H2. The lowest BCUT2D eigenvalue weighted by molar-refractivity contribution is 0.377. The number of allylic oxidation sites excluding steroid dienone is 6. The molecule has 0 aromatic heterocycles. The van der Waals surface area contributed by atoms with Crippen molar-refractivity contribution in [2.45, 2.75) is 6.42 Å². The van der Waals surface area contributed by atoms with Gasteiger partial charge in [-0.1, -0.05) is 28.1 Å². The number of ether oxygens (including phenoxy) is 1. The van der Waals surface area contributed by atoms with Crippen LogP contribution in [0.2, 0.25) is 0 Å². The lowest BCUT2D eigenvalue weighted by Gasteiger charge is -2.16. The van der Waals surface area contributed by atoms with Gasteiger partial charge < -0.3 is 4.74 Å². The van der Waals surface area contributed by atoms with Gasteiger partial charge in [-0.3, -0.25) is 0 Å². The summed E-state index contributed by atoms with van der Waals surface area (Å²) in [5.74, 6) is 0. The molecule has 1 aliphatic carbocycles. The summed E-state index contributed by atoms with van der Waals surface area (Å²) in [6.07, 6.45) is 8.63. The SMILES string of the molecule is ClC1=CC2=CCC=C(Br)C2=CO1. The normalized spacial score (nSPS) is 21.2. The Kier molecular flexibility index (Phi) is 2.11. The van der Waals surface area contributed by atoms with Crippen molar-refractivity contribution in [2.75, 3.05) is 0 Å². The molecular formula is C9H6BrClO. The highest BCUT2D eigenvalue weighted by molar-refractivity contribution is 9.12. The lowest BCUT2D eigenvalue weighted by Crippen LogP contribution is -1.99. The maximum absolute atomic E-state index is 5.70. The van der Waals surface area contributed by atoms with E-state index in [9.17, 15) is 0 Å². The predicted molar refractivity (Wildman–Crippen MR) is 52.8 cm³/mol. The molecule has 2 aliphatic rings. The van der Waals surface area contributed by atoms with Crippen LogP contribution in [0.5, 0.6) is 0 Å². The smallest absolute Gasteiger partial charge is 0.193 e. The van der Waals surface area contributed by atoms with Crippen molar-refractivity contribution in [3.8, 4) is 0 Å². The molecule has 12 heavy (non-hydrogen) atoms. The number of rotatable bonds is 0. The van der Waals surface area contributed by atoms with E-state index in [1.54, 1.807) is 6.26 Å². The summed E-state index contributed by atoms with van der Waals surface area (Å²) in [6, 6.07) is 0. The van der Waals surface area contributed by atoms with Crippen LogP contribution in [0.25, 0.3) is 0 Å². The topological polar surface area (TPSA) is 9.23 Å². The molecule has 0 unspecified atom stereocenters. The zero-order chi connectivity index (χ0) is 8.55. The Labute approximate surface area is 84.2 Å². The Morgan fingerprint density at radius 3 is 3.08 bits per heavy atom. The maximum atomic E-state index is 5.70. The Bertz CT molecular complexity index is 336. The Hall–Kier alpha value is -0.470. The molecule has 0 spiro atoms. The summed E-state index contributed by atoms with van der Waals surface area (Å²) in [5.41, 5.74) is 2.19. The second-order valence-corrected chi connectivity index (χ2v) is 3.77. The second-order valence-electron chi connectivity index (χ2n) is 2.55. The van der Waals surface area contributed by atoms with E-state index in [0.29, 0.717) is 5.22 Å². The van der Waals surface area contributed by atoms with Crippen LogP contribution < -0.4 is 0 Å². The highest BCUT2D eigenvalue weighted by atomic mass is 79.9. The molecule has 0 radical (unpaired) electrons. The zero-order valence-electron chi connectivity index (χ0n) is 6.18. The molecule has 0 bridgehead atoms. The van der Waals surface area contributed by atoms with Crippen LogP contribution in [0, 0.1) is 0 Å². The average molecular weight is 246 g/mol. The van der Waals surface area contributed by atoms with Crippen molar-refractivity contribution in [1.29, 1.82) is 0 Å². The molecule has 0 saturated carbocycles. The van der Waals surface area contributed by atoms with E-state index in [-0.39, 0.29) is 0 Å². The van der Waals surface area contributed by atoms with Gasteiger partial charge in [0.15, 0.2) is 5.22 Å². The Morgan fingerprint density at radius 1 is 1.42 bits per heavy atom. The first-order valence-electron chi connectivity index (χ1n) is 3.58. The van der Waals surface area contributed by atoms with Crippen molar-refractivity contribution < 1.29 is 4.74 Å². The quantitative estimate of drug-likeness (QED) is 0.634. The monoisotopic (exact) mass is 244 g/mol. The second kappa shape index (κ2) is 3.11. The average Bonchev–Trinajstić information content (AvgIpc) is 2.04. The van der Waals surface area contributed by atoms with Crippen LogP contribution >= 0.6 is 27.5 Å². The van der Waals surface area contributed by atoms with Crippen LogP contribution in [-0.4, -0.2) is 0 Å². The number of hydrogen-bond acceptors (Lipinski definition) is 1. The van der Waals surface area contributed by atoms with Crippen LogP contribution in [0.15, 0.2) is 45.3 Å². The van der Waals surface area contributed by atoms with Crippen molar-refractivity contribution in [1.82, 2.24) is 0 Å². The van der Waals surface area contributed by atoms with Gasteiger partial charge in [0, 0.05) is 16.1 Å². The van der Waals surface area contributed by atoms with Gasteiger partial charge in [0.05, 0.1) is 0 Å². The zero-order valence-corrected chi connectivity index (χ0v) is 8.52. The summed E-state index contributed by atoms with van der Waals surface area (Å²) >= 11 is 9.15. The molecule has 0 aromatic carbocycles. The molecule has 0 N–H and O–H groups in total. The van der Waals surface area contributed by atoms with Gasteiger partial charge in [0.1, 0.15) is 6.26 Å². The van der Waals surface area contributed by atoms with E-state index in [4.69, 9.17) is 16.3 Å². The summed E-state index contributed by atoms with van der Waals surface area (Å²) in [7, 11) is 0. The van der Waals surface area contributed by atoms with Gasteiger partial charge in [-0.15, -0.1) is 0 Å². The first-order chi connectivity index (χ1) is 5.77. The molecule has 0 fully saturated rings. The van der Waals surface area contributed by atoms with E-state index in [1.165, 1.54) is 0 Å². The molecule has 0 amide bonds. The summed E-state index contributed by atoms with van der Waals surface area (Å²) in [6.45, 7) is 0. The maximum Gasteiger partial charge on any atom is 0.193 e. The minimum atomic E-state index is 0.423. The minimum absolute atomic E-state index is 0.423. The van der Waals surface area contributed by atoms with E-state index >= 15 is 0 Å². The van der Waals surface area contributed by atoms with Crippen molar-refractivity contribution >= 4 is 27.5 Å². The summed E-state index contributed by atoms with van der Waals surface area (Å²) in [4.78, 5) is 0. The molecule has 1 heterocycles. The molecule has 0 atom stereocenters. The molecular weight excluding hydrogens is 239 g/mol. The fraction of sp³-hybridized carbons (Fsp3) is 0.111. The van der Waals surface area contributed by atoms with Crippen LogP contribution in [0.4, 0.5) is 0 Å². The fourth-order valence-corrected chi connectivity index (χ4v) is 1.85. The van der Waals surface area contributed by atoms with Crippen LogP contribution in [-0.2, 0) is 4.74 Å². The Balaban J connectivity index is 2.39. The summed E-state index contributed by atoms with van der Waals surface area (Å²) < 4.78 is 6.14. The van der Waals surface area contributed by atoms with Crippen molar-refractivity contribution in [3.63, 3.8) is 0 Å².